The lowest BCUT2D eigenvalue weighted by molar-refractivity contribution is -0.121. The first kappa shape index (κ1) is 21.6. The molecule has 1 aliphatic rings. The molecule has 2 amide bonds. The predicted octanol–water partition coefficient (Wildman–Crippen LogP) is 3.83. The van der Waals surface area contributed by atoms with E-state index in [9.17, 15) is 14.4 Å². The smallest absolute Gasteiger partial charge is 0.291 e. The Hall–Kier alpha value is -4.20. The molecule has 1 saturated carbocycles. The van der Waals surface area contributed by atoms with Crippen LogP contribution in [0.4, 0.5) is 5.69 Å². The highest BCUT2D eigenvalue weighted by atomic mass is 16.3. The number of nitrogens with zero attached hydrogens (tertiary/aromatic N) is 2. The molecule has 34 heavy (non-hydrogen) atoms. The van der Waals surface area contributed by atoms with E-state index < -0.39 is 0 Å². The van der Waals surface area contributed by atoms with Crippen LogP contribution in [-0.2, 0) is 17.8 Å². The van der Waals surface area contributed by atoms with Gasteiger partial charge in [-0.1, -0.05) is 24.3 Å². The second-order valence-electron chi connectivity index (χ2n) is 8.36. The minimum Gasteiger partial charge on any atom is -0.459 e. The Labute approximate surface area is 195 Å². The third-order valence-electron chi connectivity index (χ3n) is 5.79. The number of para-hydroxylation sites is 1. The Morgan fingerprint density at radius 2 is 1.91 bits per heavy atom. The summed E-state index contributed by atoms with van der Waals surface area (Å²) in [4.78, 5) is 42.3. The lowest BCUT2D eigenvalue weighted by Crippen LogP contribution is -2.27. The van der Waals surface area contributed by atoms with Gasteiger partial charge in [0, 0.05) is 31.1 Å². The SMILES string of the molecule is O=C(CCc1nc2ccccc2c(=O)n1C1CC1)NCc1cccc(NC(=O)c2ccco2)c1. The number of fused-ring (bicyclic) bond motifs is 1. The highest BCUT2D eigenvalue weighted by Gasteiger charge is 2.28. The topological polar surface area (TPSA) is 106 Å². The number of carbonyl (C=O) groups is 2. The van der Waals surface area contributed by atoms with Crippen LogP contribution in [0.2, 0.25) is 0 Å². The molecule has 0 saturated heterocycles. The van der Waals surface area contributed by atoms with Crippen molar-refractivity contribution in [2.24, 2.45) is 0 Å². The quantitative estimate of drug-likeness (QED) is 0.419. The molecule has 0 aliphatic heterocycles. The second-order valence-corrected chi connectivity index (χ2v) is 8.36. The Morgan fingerprint density at radius 1 is 1.06 bits per heavy atom. The summed E-state index contributed by atoms with van der Waals surface area (Å²) < 4.78 is 6.87. The molecular formula is C26H24N4O4. The summed E-state index contributed by atoms with van der Waals surface area (Å²) in [6, 6.07) is 18.0. The minimum atomic E-state index is -0.337. The first-order valence-corrected chi connectivity index (χ1v) is 11.3. The van der Waals surface area contributed by atoms with Crippen LogP contribution >= 0.6 is 0 Å². The van der Waals surface area contributed by atoms with Crippen LogP contribution in [0, 0.1) is 0 Å². The first-order valence-electron chi connectivity index (χ1n) is 11.3. The van der Waals surface area contributed by atoms with E-state index in [4.69, 9.17) is 4.42 Å². The molecule has 2 aromatic heterocycles. The molecule has 2 N–H and O–H groups in total. The molecule has 5 rings (SSSR count). The first-order chi connectivity index (χ1) is 16.6. The summed E-state index contributed by atoms with van der Waals surface area (Å²) >= 11 is 0. The maximum atomic E-state index is 13.0. The molecule has 0 bridgehead atoms. The van der Waals surface area contributed by atoms with Gasteiger partial charge < -0.3 is 15.1 Å². The molecule has 1 aliphatic carbocycles. The minimum absolute atomic E-state index is 0.0306. The van der Waals surface area contributed by atoms with E-state index in [1.54, 1.807) is 34.9 Å². The van der Waals surface area contributed by atoms with Crippen molar-refractivity contribution in [3.05, 3.63) is 94.4 Å². The number of aromatic nitrogens is 2. The fourth-order valence-corrected chi connectivity index (χ4v) is 3.95. The Balaban J connectivity index is 1.21. The monoisotopic (exact) mass is 456 g/mol. The van der Waals surface area contributed by atoms with E-state index in [1.807, 2.05) is 30.3 Å². The van der Waals surface area contributed by atoms with Crippen LogP contribution in [-0.4, -0.2) is 21.4 Å². The van der Waals surface area contributed by atoms with Gasteiger partial charge in [-0.05, 0) is 54.8 Å². The van der Waals surface area contributed by atoms with Crippen molar-refractivity contribution in [1.82, 2.24) is 14.9 Å². The van der Waals surface area contributed by atoms with Gasteiger partial charge in [0.2, 0.25) is 5.91 Å². The van der Waals surface area contributed by atoms with Crippen molar-refractivity contribution in [2.75, 3.05) is 5.32 Å². The molecular weight excluding hydrogens is 432 g/mol. The zero-order valence-electron chi connectivity index (χ0n) is 18.5. The summed E-state index contributed by atoms with van der Waals surface area (Å²) in [6.45, 7) is 0.323. The average Bonchev–Trinajstić information content (AvgIpc) is 3.52. The molecule has 8 heteroatoms. The van der Waals surface area contributed by atoms with Crippen molar-refractivity contribution in [1.29, 1.82) is 0 Å². The summed E-state index contributed by atoms with van der Waals surface area (Å²) in [5, 5.41) is 6.30. The molecule has 0 atom stereocenters. The van der Waals surface area contributed by atoms with Crippen molar-refractivity contribution in [3.8, 4) is 0 Å². The number of rotatable bonds is 8. The second kappa shape index (κ2) is 9.35. The average molecular weight is 457 g/mol. The third kappa shape index (κ3) is 4.76. The number of benzene rings is 2. The number of anilines is 1. The highest BCUT2D eigenvalue weighted by Crippen LogP contribution is 2.34. The standard InChI is InChI=1S/C26H24N4O4/c31-24(27-16-17-5-3-6-18(15-17)28-25(32)22-9-4-14-34-22)13-12-23-29-21-8-2-1-7-20(21)26(33)30(23)19-10-11-19/h1-9,14-15,19H,10-13,16H2,(H,27,31)(H,28,32). The number of carbonyl (C=O) groups excluding carboxylic acids is 2. The maximum Gasteiger partial charge on any atom is 0.291 e. The van der Waals surface area contributed by atoms with Crippen LogP contribution in [0.25, 0.3) is 10.9 Å². The van der Waals surface area contributed by atoms with Crippen LogP contribution in [0.3, 0.4) is 0 Å². The van der Waals surface area contributed by atoms with Gasteiger partial charge in [0.15, 0.2) is 5.76 Å². The zero-order chi connectivity index (χ0) is 23.5. The largest absolute Gasteiger partial charge is 0.459 e. The van der Waals surface area contributed by atoms with Crippen LogP contribution in [0.15, 0.2) is 76.1 Å². The molecule has 2 heterocycles. The number of nitrogens with one attached hydrogen (secondary N) is 2. The number of aryl methyl sites for hydroxylation is 1. The maximum absolute atomic E-state index is 13.0. The number of furan rings is 1. The molecule has 1 fully saturated rings. The van der Waals surface area contributed by atoms with E-state index in [1.165, 1.54) is 6.26 Å². The van der Waals surface area contributed by atoms with Gasteiger partial charge in [-0.25, -0.2) is 4.98 Å². The van der Waals surface area contributed by atoms with E-state index in [0.29, 0.717) is 35.4 Å². The third-order valence-corrected chi connectivity index (χ3v) is 5.79. The van der Waals surface area contributed by atoms with Crippen molar-refractivity contribution < 1.29 is 14.0 Å². The fraction of sp³-hybridized carbons (Fsp3) is 0.231. The van der Waals surface area contributed by atoms with E-state index >= 15 is 0 Å². The summed E-state index contributed by atoms with van der Waals surface area (Å²) in [7, 11) is 0. The van der Waals surface area contributed by atoms with Gasteiger partial charge >= 0.3 is 0 Å². The molecule has 0 spiro atoms. The molecule has 4 aromatic rings. The van der Waals surface area contributed by atoms with Gasteiger partial charge in [0.05, 0.1) is 17.2 Å². The van der Waals surface area contributed by atoms with Crippen molar-refractivity contribution >= 4 is 28.4 Å². The predicted molar refractivity (Wildman–Crippen MR) is 128 cm³/mol. The zero-order valence-corrected chi connectivity index (χ0v) is 18.5. The van der Waals surface area contributed by atoms with E-state index in [-0.39, 0.29) is 35.6 Å². The lowest BCUT2D eigenvalue weighted by atomic mass is 10.2. The highest BCUT2D eigenvalue weighted by molar-refractivity contribution is 6.02. The molecule has 172 valence electrons. The lowest BCUT2D eigenvalue weighted by Gasteiger charge is -2.13. The Kier molecular flexibility index (Phi) is 5.95. The van der Waals surface area contributed by atoms with Crippen molar-refractivity contribution in [2.45, 2.75) is 38.3 Å². The number of amides is 2. The summed E-state index contributed by atoms with van der Waals surface area (Å²) in [5.41, 5.74) is 2.09. The number of hydrogen-bond donors (Lipinski definition) is 2. The van der Waals surface area contributed by atoms with Gasteiger partial charge in [-0.15, -0.1) is 0 Å². The van der Waals surface area contributed by atoms with Crippen LogP contribution in [0.1, 0.15) is 47.2 Å². The molecule has 2 aromatic carbocycles. The van der Waals surface area contributed by atoms with Gasteiger partial charge in [-0.3, -0.25) is 19.0 Å². The summed E-state index contributed by atoms with van der Waals surface area (Å²) in [6.07, 6.45) is 3.99. The summed E-state index contributed by atoms with van der Waals surface area (Å²) in [5.74, 6) is 0.417. The molecule has 0 radical (unpaired) electrons. The van der Waals surface area contributed by atoms with E-state index in [2.05, 4.69) is 15.6 Å². The van der Waals surface area contributed by atoms with Gasteiger partial charge in [0.1, 0.15) is 5.82 Å². The van der Waals surface area contributed by atoms with Gasteiger partial charge in [-0.2, -0.15) is 0 Å². The van der Waals surface area contributed by atoms with E-state index in [0.717, 1.165) is 18.4 Å². The van der Waals surface area contributed by atoms with Crippen LogP contribution in [0.5, 0.6) is 0 Å². The van der Waals surface area contributed by atoms with Gasteiger partial charge in [0.25, 0.3) is 11.5 Å². The van der Waals surface area contributed by atoms with Crippen LogP contribution < -0.4 is 16.2 Å². The molecule has 0 unspecified atom stereocenters. The Bertz CT molecular complexity index is 1400. The normalized spacial score (nSPS) is 13.1. The van der Waals surface area contributed by atoms with Crippen molar-refractivity contribution in [3.63, 3.8) is 0 Å². The fourth-order valence-electron chi connectivity index (χ4n) is 3.95. The Morgan fingerprint density at radius 3 is 2.71 bits per heavy atom. The molecule has 8 nitrogen and oxygen atoms in total. The number of hydrogen-bond acceptors (Lipinski definition) is 5.